The number of nitrogens with zero attached hydrogens (tertiary/aromatic N) is 4. The van der Waals surface area contributed by atoms with Crippen molar-refractivity contribution in [1.82, 2.24) is 14.9 Å². The van der Waals surface area contributed by atoms with Crippen molar-refractivity contribution in [3.8, 4) is 0 Å². The van der Waals surface area contributed by atoms with Crippen molar-refractivity contribution in [1.29, 1.82) is 0 Å². The third kappa shape index (κ3) is 5.37. The summed E-state index contributed by atoms with van der Waals surface area (Å²) in [6.45, 7) is 5.30. The minimum Gasteiger partial charge on any atom is -0.477 e. The van der Waals surface area contributed by atoms with Crippen LogP contribution in [0.15, 0.2) is 58.6 Å². The number of pyridine rings is 1. The molecule has 0 saturated carbocycles. The zero-order valence-corrected chi connectivity index (χ0v) is 20.6. The van der Waals surface area contributed by atoms with E-state index in [2.05, 4.69) is 15.4 Å². The topological polar surface area (TPSA) is 116 Å². The van der Waals surface area contributed by atoms with Gasteiger partial charge in [0.15, 0.2) is 5.11 Å². The van der Waals surface area contributed by atoms with E-state index in [-0.39, 0.29) is 16.1 Å². The molecule has 1 aliphatic heterocycles. The lowest BCUT2D eigenvalue weighted by atomic mass is 10.1. The van der Waals surface area contributed by atoms with Crippen LogP contribution in [-0.4, -0.2) is 64.1 Å². The van der Waals surface area contributed by atoms with Crippen LogP contribution in [0.4, 0.5) is 10.1 Å². The zero-order valence-electron chi connectivity index (χ0n) is 19.8. The molecule has 4 N–H and O–H groups in total. The van der Waals surface area contributed by atoms with E-state index in [1.54, 1.807) is 10.6 Å². The molecule has 1 aliphatic rings. The van der Waals surface area contributed by atoms with Crippen LogP contribution in [0.5, 0.6) is 0 Å². The number of fused-ring (bicyclic) bond motifs is 1. The molecule has 1 aromatic heterocycles. The molecule has 0 bridgehead atoms. The molecule has 0 spiro atoms. The Hall–Kier alpha value is -3.83. The fraction of sp³-hybridized carbons (Fsp3) is 0.280. The first-order valence-corrected chi connectivity index (χ1v) is 11.9. The molecular weight excluding hydrogens is 483 g/mol. The number of rotatable bonds is 7. The molecule has 0 radical (unpaired) electrons. The molecule has 3 aromatic rings. The largest absolute Gasteiger partial charge is 0.477 e. The minimum absolute atomic E-state index is 0.0608. The van der Waals surface area contributed by atoms with Gasteiger partial charge in [-0.05, 0) is 36.8 Å². The number of thiocarbonyl (C=S) groups is 1. The van der Waals surface area contributed by atoms with Crippen LogP contribution >= 0.6 is 12.2 Å². The van der Waals surface area contributed by atoms with E-state index in [9.17, 15) is 14.7 Å². The number of piperazine rings is 1. The zero-order chi connectivity index (χ0) is 25.8. The highest BCUT2D eigenvalue weighted by Gasteiger charge is 2.23. The average Bonchev–Trinajstić information content (AvgIpc) is 2.87. The Balaban J connectivity index is 1.55. The first-order valence-electron chi connectivity index (χ1n) is 11.5. The minimum atomic E-state index is -1.33. The van der Waals surface area contributed by atoms with E-state index in [4.69, 9.17) is 18.0 Å². The smallest absolute Gasteiger partial charge is 0.341 e. The summed E-state index contributed by atoms with van der Waals surface area (Å²) in [5, 5.41) is 13.9. The lowest BCUT2D eigenvalue weighted by Crippen LogP contribution is -2.48. The van der Waals surface area contributed by atoms with Crippen molar-refractivity contribution in [3.63, 3.8) is 0 Å². The Labute approximate surface area is 212 Å². The van der Waals surface area contributed by atoms with Crippen LogP contribution in [0.25, 0.3) is 10.9 Å². The number of nitrogens with two attached hydrogens (primary N) is 1. The molecule has 11 heteroatoms. The van der Waals surface area contributed by atoms with Crippen molar-refractivity contribution in [2.75, 3.05) is 37.6 Å². The van der Waals surface area contributed by atoms with E-state index in [1.807, 2.05) is 42.2 Å². The van der Waals surface area contributed by atoms with Gasteiger partial charge in [-0.3, -0.25) is 15.1 Å². The van der Waals surface area contributed by atoms with Gasteiger partial charge < -0.3 is 20.3 Å². The second-order valence-electron chi connectivity index (χ2n) is 8.45. The Kier molecular flexibility index (Phi) is 7.61. The van der Waals surface area contributed by atoms with Gasteiger partial charge >= 0.3 is 5.97 Å². The normalized spacial score (nSPS) is 14.7. The van der Waals surface area contributed by atoms with E-state index in [0.29, 0.717) is 50.5 Å². The number of hydrazone groups is 1. The van der Waals surface area contributed by atoms with E-state index >= 15 is 4.39 Å². The number of carboxylic acid groups (broad SMARTS) is 1. The quantitative estimate of drug-likeness (QED) is 0.252. The summed E-state index contributed by atoms with van der Waals surface area (Å²) >= 11 is 4.88. The molecule has 1 saturated heterocycles. The summed E-state index contributed by atoms with van der Waals surface area (Å²) in [7, 11) is 0. The third-order valence-corrected chi connectivity index (χ3v) is 6.31. The third-order valence-electron chi connectivity index (χ3n) is 6.21. The molecule has 0 aliphatic carbocycles. The molecule has 36 heavy (non-hydrogen) atoms. The van der Waals surface area contributed by atoms with Crippen molar-refractivity contribution < 1.29 is 14.3 Å². The molecule has 0 amide bonds. The number of benzene rings is 2. The summed E-state index contributed by atoms with van der Waals surface area (Å²) in [6, 6.07) is 12.5. The van der Waals surface area contributed by atoms with Crippen molar-refractivity contribution in [2.45, 2.75) is 13.5 Å². The fourth-order valence-electron chi connectivity index (χ4n) is 4.36. The second kappa shape index (κ2) is 10.8. The maximum absolute atomic E-state index is 15.2. The van der Waals surface area contributed by atoms with Gasteiger partial charge in [0.05, 0.1) is 16.9 Å². The number of hydrogen-bond donors (Lipinski definition) is 3. The Morgan fingerprint density at radius 2 is 1.89 bits per heavy atom. The van der Waals surface area contributed by atoms with Gasteiger partial charge in [-0.15, -0.1) is 0 Å². The molecule has 0 unspecified atom stereocenters. The molecule has 2 aromatic carbocycles. The number of aryl methyl sites for hydroxylation is 1. The lowest BCUT2D eigenvalue weighted by molar-refractivity contribution is 0.0695. The Morgan fingerprint density at radius 1 is 1.19 bits per heavy atom. The van der Waals surface area contributed by atoms with E-state index in [0.717, 1.165) is 17.3 Å². The van der Waals surface area contributed by atoms with E-state index < -0.39 is 17.2 Å². The molecule has 0 atom stereocenters. The summed E-state index contributed by atoms with van der Waals surface area (Å²) in [4.78, 5) is 28.2. The molecule has 9 nitrogen and oxygen atoms in total. The maximum Gasteiger partial charge on any atom is 0.341 e. The number of carbonyl (C=O) groups is 1. The standard InChI is InChI=1S/C25H27FN6O3S/c1-2-31-14-18(24(34)35)23(33)17-12-19(26)22(13-21(17)31)32-10-8-30(9-11-32)15-20(28-29-25(27)36)16-6-4-3-5-7-16/h3-7,12-14H,2,8-11,15H2,1H3,(H,34,35)(H3,27,29,36)/b28-20-. The Morgan fingerprint density at radius 3 is 2.50 bits per heavy atom. The number of hydrogen-bond acceptors (Lipinski definition) is 6. The molecule has 188 valence electrons. The van der Waals surface area contributed by atoms with Crippen LogP contribution in [0.1, 0.15) is 22.8 Å². The lowest BCUT2D eigenvalue weighted by Gasteiger charge is -2.36. The number of halogens is 1. The van der Waals surface area contributed by atoms with Crippen molar-refractivity contribution >= 4 is 45.6 Å². The predicted octanol–water partition coefficient (Wildman–Crippen LogP) is 2.22. The van der Waals surface area contributed by atoms with Gasteiger partial charge in [-0.1, -0.05) is 30.3 Å². The van der Waals surface area contributed by atoms with Crippen LogP contribution < -0.4 is 21.5 Å². The first kappa shape index (κ1) is 25.3. The van der Waals surface area contributed by atoms with Gasteiger partial charge in [0.1, 0.15) is 11.4 Å². The average molecular weight is 511 g/mol. The first-order chi connectivity index (χ1) is 17.3. The highest BCUT2D eigenvalue weighted by molar-refractivity contribution is 7.80. The van der Waals surface area contributed by atoms with Crippen LogP contribution in [0, 0.1) is 5.82 Å². The summed E-state index contributed by atoms with van der Waals surface area (Å²) in [6.07, 6.45) is 1.32. The van der Waals surface area contributed by atoms with Gasteiger partial charge in [0.2, 0.25) is 5.43 Å². The highest BCUT2D eigenvalue weighted by Crippen LogP contribution is 2.26. The molecule has 2 heterocycles. The molecular formula is C25H27FN6O3S. The predicted molar refractivity (Wildman–Crippen MR) is 142 cm³/mol. The van der Waals surface area contributed by atoms with Crippen LogP contribution in [0.2, 0.25) is 0 Å². The monoisotopic (exact) mass is 510 g/mol. The van der Waals surface area contributed by atoms with Crippen LogP contribution in [0.3, 0.4) is 0 Å². The second-order valence-corrected chi connectivity index (χ2v) is 8.89. The van der Waals surface area contributed by atoms with Gasteiger partial charge in [0, 0.05) is 50.9 Å². The van der Waals surface area contributed by atoms with Crippen molar-refractivity contribution in [2.24, 2.45) is 10.8 Å². The van der Waals surface area contributed by atoms with Crippen molar-refractivity contribution in [3.05, 3.63) is 75.8 Å². The SMILES string of the molecule is CCn1cc(C(=O)O)c(=O)c2cc(F)c(N3CCN(C/C(=N/NC(N)=S)c4ccccc4)CC3)cc21. The number of carboxylic acids is 1. The number of aromatic nitrogens is 1. The Bertz CT molecular complexity index is 1380. The summed E-state index contributed by atoms with van der Waals surface area (Å²) in [5.74, 6) is -1.88. The molecule has 4 rings (SSSR count). The highest BCUT2D eigenvalue weighted by atomic mass is 32.1. The maximum atomic E-state index is 15.2. The summed E-state index contributed by atoms with van der Waals surface area (Å²) < 4.78 is 16.8. The summed E-state index contributed by atoms with van der Waals surface area (Å²) in [5.41, 5.74) is 9.79. The van der Waals surface area contributed by atoms with E-state index in [1.165, 1.54) is 6.20 Å². The molecule has 1 fully saturated rings. The van der Waals surface area contributed by atoms with Gasteiger partial charge in [0.25, 0.3) is 0 Å². The van der Waals surface area contributed by atoms with Gasteiger partial charge in [-0.25, -0.2) is 9.18 Å². The fourth-order valence-corrected chi connectivity index (χ4v) is 4.40. The number of nitrogens with one attached hydrogen (secondary N) is 1. The number of anilines is 1. The van der Waals surface area contributed by atoms with Crippen LogP contribution in [-0.2, 0) is 6.54 Å². The number of aromatic carboxylic acids is 1. The van der Waals surface area contributed by atoms with Gasteiger partial charge in [-0.2, -0.15) is 5.10 Å².